The first-order valence-corrected chi connectivity index (χ1v) is 8.36. The summed E-state index contributed by atoms with van der Waals surface area (Å²) < 4.78 is 29.3. The van der Waals surface area contributed by atoms with Crippen LogP contribution in [0.4, 0.5) is 8.78 Å². The van der Waals surface area contributed by atoms with Crippen LogP contribution in [0.15, 0.2) is 54.9 Å². The van der Waals surface area contributed by atoms with Crippen molar-refractivity contribution in [1.29, 1.82) is 0 Å². The number of hydrogen-bond donors (Lipinski definition) is 2. The van der Waals surface area contributed by atoms with E-state index in [0.29, 0.717) is 33.7 Å². The molecule has 0 aliphatic carbocycles. The fraction of sp³-hybridized carbons (Fsp3) is 0.100. The molecule has 0 spiro atoms. The minimum atomic E-state index is -0.399. The third-order valence-electron chi connectivity index (χ3n) is 4.38. The fourth-order valence-corrected chi connectivity index (χ4v) is 2.99. The molecule has 0 aliphatic heterocycles. The Hall–Kier alpha value is -3.48. The third kappa shape index (κ3) is 3.31. The lowest BCUT2D eigenvalue weighted by Gasteiger charge is -2.09. The van der Waals surface area contributed by atoms with E-state index < -0.39 is 5.82 Å². The average Bonchev–Trinajstić information content (AvgIpc) is 3.25. The average molecular weight is 366 g/mol. The summed E-state index contributed by atoms with van der Waals surface area (Å²) in [6.07, 6.45) is 3.29. The molecule has 2 N–H and O–H groups in total. The summed E-state index contributed by atoms with van der Waals surface area (Å²) in [5.41, 5.74) is 2.02. The number of imidazole rings is 1. The van der Waals surface area contributed by atoms with E-state index in [-0.39, 0.29) is 18.3 Å². The Balaban J connectivity index is 1.48. The van der Waals surface area contributed by atoms with Crippen LogP contribution in [0.25, 0.3) is 16.6 Å². The topological polar surface area (TPSA) is 62.7 Å². The van der Waals surface area contributed by atoms with E-state index in [2.05, 4.69) is 15.3 Å². The van der Waals surface area contributed by atoms with Gasteiger partial charge in [-0.3, -0.25) is 4.79 Å². The van der Waals surface area contributed by atoms with Crippen molar-refractivity contribution in [3.8, 4) is 5.69 Å². The zero-order valence-electron chi connectivity index (χ0n) is 14.5. The highest BCUT2D eigenvalue weighted by atomic mass is 19.1. The largest absolute Gasteiger partial charge is 0.351 e. The Bertz CT molecular complexity index is 1150. The van der Waals surface area contributed by atoms with E-state index in [1.165, 1.54) is 18.2 Å². The molecule has 4 rings (SSSR count). The molecule has 27 heavy (non-hydrogen) atoms. The second-order valence-electron chi connectivity index (χ2n) is 6.23. The number of nitrogens with one attached hydrogen (secondary N) is 2. The highest BCUT2D eigenvalue weighted by molar-refractivity contribution is 5.97. The number of fused-ring (bicyclic) bond motifs is 1. The first-order chi connectivity index (χ1) is 13.0. The van der Waals surface area contributed by atoms with Crippen LogP contribution in [-0.2, 0) is 6.54 Å². The summed E-state index contributed by atoms with van der Waals surface area (Å²) in [5.74, 6) is -0.423. The second-order valence-corrected chi connectivity index (χ2v) is 6.23. The zero-order chi connectivity index (χ0) is 19.0. The maximum absolute atomic E-state index is 14.4. The maximum atomic E-state index is 14.4. The van der Waals surface area contributed by atoms with E-state index in [0.717, 1.165) is 0 Å². The Morgan fingerprint density at radius 2 is 2.04 bits per heavy atom. The molecular formula is C20H16F2N4O. The van der Waals surface area contributed by atoms with E-state index >= 15 is 0 Å². The fourth-order valence-electron chi connectivity index (χ4n) is 2.99. The Kier molecular flexibility index (Phi) is 4.19. The molecule has 0 radical (unpaired) electrons. The Morgan fingerprint density at radius 3 is 2.78 bits per heavy atom. The lowest BCUT2D eigenvalue weighted by molar-refractivity contribution is 0.0946. The number of rotatable bonds is 4. The summed E-state index contributed by atoms with van der Waals surface area (Å²) in [6, 6.07) is 10.6. The van der Waals surface area contributed by atoms with Gasteiger partial charge in [0.25, 0.3) is 5.91 Å². The molecule has 5 nitrogen and oxygen atoms in total. The van der Waals surface area contributed by atoms with Gasteiger partial charge >= 0.3 is 0 Å². The van der Waals surface area contributed by atoms with Gasteiger partial charge in [-0.25, -0.2) is 13.8 Å². The molecule has 4 aromatic rings. The highest BCUT2D eigenvalue weighted by Gasteiger charge is 2.11. The normalized spacial score (nSPS) is 11.1. The number of H-pyrrole nitrogens is 1. The Labute approximate surface area is 153 Å². The minimum absolute atomic E-state index is 0.169. The quantitative estimate of drug-likeness (QED) is 0.576. The highest BCUT2D eigenvalue weighted by Crippen LogP contribution is 2.18. The van der Waals surface area contributed by atoms with Gasteiger partial charge in [-0.2, -0.15) is 0 Å². The van der Waals surface area contributed by atoms with Crippen LogP contribution in [0.5, 0.6) is 0 Å². The molecule has 0 saturated carbocycles. The first kappa shape index (κ1) is 17.0. The number of halogens is 2. The van der Waals surface area contributed by atoms with Crippen LogP contribution in [0.1, 0.15) is 21.9 Å². The molecule has 0 aliphatic rings. The van der Waals surface area contributed by atoms with Gasteiger partial charge in [0.1, 0.15) is 23.2 Å². The summed E-state index contributed by atoms with van der Waals surface area (Å²) in [7, 11) is 0. The van der Waals surface area contributed by atoms with Gasteiger partial charge in [0.2, 0.25) is 0 Å². The summed E-state index contributed by atoms with van der Waals surface area (Å²) >= 11 is 0. The molecule has 136 valence electrons. The van der Waals surface area contributed by atoms with Crippen LogP contribution < -0.4 is 5.32 Å². The first-order valence-electron chi connectivity index (χ1n) is 8.36. The van der Waals surface area contributed by atoms with Crippen molar-refractivity contribution in [1.82, 2.24) is 19.9 Å². The molecule has 0 saturated heterocycles. The predicted molar refractivity (Wildman–Crippen MR) is 97.7 cm³/mol. The number of amides is 1. The number of nitrogens with zero attached hydrogens (tertiary/aromatic N) is 2. The molecule has 1 amide bonds. The van der Waals surface area contributed by atoms with Gasteiger partial charge < -0.3 is 14.9 Å². The van der Waals surface area contributed by atoms with Crippen molar-refractivity contribution in [2.45, 2.75) is 13.5 Å². The van der Waals surface area contributed by atoms with Crippen molar-refractivity contribution in [2.75, 3.05) is 0 Å². The number of carbonyl (C=O) groups is 1. The molecule has 2 aromatic carbocycles. The van der Waals surface area contributed by atoms with Crippen LogP contribution in [0.3, 0.4) is 0 Å². The maximum Gasteiger partial charge on any atom is 0.267 e. The van der Waals surface area contributed by atoms with E-state index in [1.54, 1.807) is 48.1 Å². The van der Waals surface area contributed by atoms with Gasteiger partial charge in [-0.15, -0.1) is 0 Å². The SMILES string of the molecule is Cc1nccn1-c1ccc(CNC(=O)c2cc3cc(F)ccc3[nH]2)cc1F. The van der Waals surface area contributed by atoms with E-state index in [9.17, 15) is 13.6 Å². The molecule has 2 aromatic heterocycles. The van der Waals surface area contributed by atoms with Gasteiger partial charge in [0.15, 0.2) is 0 Å². The molecule has 0 atom stereocenters. The summed E-state index contributed by atoms with van der Waals surface area (Å²) in [6.45, 7) is 1.96. The lowest BCUT2D eigenvalue weighted by Crippen LogP contribution is -2.23. The molecule has 0 unspecified atom stereocenters. The third-order valence-corrected chi connectivity index (χ3v) is 4.38. The number of carbonyl (C=O) groups excluding carboxylic acids is 1. The van der Waals surface area contributed by atoms with Gasteiger partial charge in [-0.05, 0) is 48.9 Å². The number of benzene rings is 2. The standard InChI is InChI=1S/C20H16F2N4O/c1-12-23-6-7-26(12)19-5-2-13(8-16(19)22)11-24-20(27)18-10-14-9-15(21)3-4-17(14)25-18/h2-10,25H,11H2,1H3,(H,24,27). The second kappa shape index (κ2) is 6.68. The predicted octanol–water partition coefficient (Wildman–Crippen LogP) is 3.87. The monoisotopic (exact) mass is 366 g/mol. The van der Waals surface area contributed by atoms with Gasteiger partial charge in [0, 0.05) is 29.8 Å². The molecular weight excluding hydrogens is 350 g/mol. The lowest BCUT2D eigenvalue weighted by atomic mass is 10.2. The molecule has 7 heteroatoms. The van der Waals surface area contributed by atoms with Crippen LogP contribution >= 0.6 is 0 Å². The number of aryl methyl sites for hydroxylation is 1. The smallest absolute Gasteiger partial charge is 0.267 e. The zero-order valence-corrected chi connectivity index (χ0v) is 14.5. The van der Waals surface area contributed by atoms with Gasteiger partial charge in [0.05, 0.1) is 5.69 Å². The van der Waals surface area contributed by atoms with Crippen molar-refractivity contribution in [3.63, 3.8) is 0 Å². The van der Waals surface area contributed by atoms with Crippen molar-refractivity contribution in [2.24, 2.45) is 0 Å². The number of aromatic amines is 1. The van der Waals surface area contributed by atoms with Gasteiger partial charge in [-0.1, -0.05) is 6.07 Å². The molecule has 2 heterocycles. The minimum Gasteiger partial charge on any atom is -0.351 e. The summed E-state index contributed by atoms with van der Waals surface area (Å²) in [4.78, 5) is 19.3. The van der Waals surface area contributed by atoms with Crippen LogP contribution in [0, 0.1) is 18.6 Å². The van der Waals surface area contributed by atoms with Crippen LogP contribution in [0.2, 0.25) is 0 Å². The van der Waals surface area contributed by atoms with E-state index in [1.807, 2.05) is 0 Å². The molecule has 0 fully saturated rings. The van der Waals surface area contributed by atoms with Crippen molar-refractivity contribution < 1.29 is 13.6 Å². The summed E-state index contributed by atoms with van der Waals surface area (Å²) in [5, 5.41) is 3.35. The van der Waals surface area contributed by atoms with Crippen molar-refractivity contribution in [3.05, 3.63) is 83.6 Å². The van der Waals surface area contributed by atoms with E-state index in [4.69, 9.17) is 0 Å². The number of aromatic nitrogens is 3. The molecule has 0 bridgehead atoms. The number of hydrogen-bond acceptors (Lipinski definition) is 2. The Morgan fingerprint density at radius 1 is 1.19 bits per heavy atom. The van der Waals surface area contributed by atoms with Crippen LogP contribution in [-0.4, -0.2) is 20.4 Å². The van der Waals surface area contributed by atoms with Crippen molar-refractivity contribution >= 4 is 16.8 Å².